The number of hydrogen-bond donors (Lipinski definition) is 0. The maximum absolute atomic E-state index is 9.29. The highest BCUT2D eigenvalue weighted by molar-refractivity contribution is 6.09. The van der Waals surface area contributed by atoms with Crippen LogP contribution in [0.4, 0.5) is 0 Å². The number of nitrogens with zero attached hydrogens (tertiary/aromatic N) is 1. The minimum atomic E-state index is -1.32. The van der Waals surface area contributed by atoms with E-state index in [1.165, 1.54) is 0 Å². The van der Waals surface area contributed by atoms with E-state index in [0.717, 1.165) is 10.8 Å². The van der Waals surface area contributed by atoms with Gasteiger partial charge in [0, 0.05) is 33.0 Å². The average Bonchev–Trinajstić information content (AvgIpc) is 3.35. The van der Waals surface area contributed by atoms with E-state index >= 15 is 0 Å². The first-order valence-electron chi connectivity index (χ1n) is 16.7. The zero-order chi connectivity index (χ0) is 33.1. The lowest BCUT2D eigenvalue weighted by atomic mass is 9.75. The molecule has 7 rings (SSSR count). The SMILES string of the molecule is [2H]c1c([2H])c([2H])c2c(c1[2H])Oc1c([2H])c([2H])c(-c3c([2H])c([2H])c(-n4c5ccccc5c5ccccc54)c([2H])c3[2H])c([2H])c1C2(C)C. The van der Waals surface area contributed by atoms with E-state index in [-0.39, 0.29) is 63.6 Å². The van der Waals surface area contributed by atoms with Crippen LogP contribution in [0.15, 0.2) is 115 Å². The maximum atomic E-state index is 9.29. The van der Waals surface area contributed by atoms with Gasteiger partial charge < -0.3 is 9.30 Å². The predicted molar refractivity (Wildman–Crippen MR) is 145 cm³/mol. The van der Waals surface area contributed by atoms with Crippen molar-refractivity contribution in [3.63, 3.8) is 0 Å². The highest BCUT2D eigenvalue weighted by Gasteiger charge is 2.34. The summed E-state index contributed by atoms with van der Waals surface area (Å²) in [6.07, 6.45) is 0. The van der Waals surface area contributed by atoms with Gasteiger partial charge in [0.25, 0.3) is 0 Å². The number of aromatic nitrogens is 1. The molecule has 1 aliphatic heterocycles. The van der Waals surface area contributed by atoms with E-state index in [9.17, 15) is 1.37 Å². The molecule has 2 nitrogen and oxygen atoms in total. The number of rotatable bonds is 2. The standard InChI is InChI=1S/C33H25NO/c1-33(2)27-11-5-8-14-31(27)35-32-20-17-23(21-28(32)33)22-15-18-24(19-16-22)34-29-12-6-3-9-25(29)26-10-4-7-13-30(26)34/h3-21H,1-2H3/i5D,8D,11D,14D,15D,16D,17D,18D,19D,20D,21D. The van der Waals surface area contributed by atoms with E-state index in [1.807, 2.05) is 48.5 Å². The van der Waals surface area contributed by atoms with Gasteiger partial charge in [-0.2, -0.15) is 0 Å². The van der Waals surface area contributed by atoms with E-state index in [1.54, 1.807) is 18.4 Å². The third kappa shape index (κ3) is 2.96. The molecule has 35 heavy (non-hydrogen) atoms. The van der Waals surface area contributed by atoms with Crippen molar-refractivity contribution in [2.75, 3.05) is 0 Å². The average molecular weight is 463 g/mol. The van der Waals surface area contributed by atoms with Gasteiger partial charge in [0.15, 0.2) is 0 Å². The van der Waals surface area contributed by atoms with Crippen LogP contribution in [0.5, 0.6) is 11.5 Å². The van der Waals surface area contributed by atoms with Gasteiger partial charge in [-0.3, -0.25) is 0 Å². The quantitative estimate of drug-likeness (QED) is 0.251. The zero-order valence-corrected chi connectivity index (χ0v) is 19.0. The van der Waals surface area contributed by atoms with Crippen molar-refractivity contribution in [1.29, 1.82) is 0 Å². The van der Waals surface area contributed by atoms with E-state index < -0.39 is 47.7 Å². The van der Waals surface area contributed by atoms with E-state index in [2.05, 4.69) is 0 Å². The van der Waals surface area contributed by atoms with Crippen LogP contribution in [-0.4, -0.2) is 4.57 Å². The van der Waals surface area contributed by atoms with Gasteiger partial charge in [-0.15, -0.1) is 0 Å². The fraction of sp³-hybridized carbons (Fsp3) is 0.0909. The number of para-hydroxylation sites is 3. The topological polar surface area (TPSA) is 14.2 Å². The third-order valence-corrected chi connectivity index (χ3v) is 6.55. The molecule has 5 aromatic carbocycles. The van der Waals surface area contributed by atoms with Crippen molar-refractivity contribution in [3.8, 4) is 28.3 Å². The maximum Gasteiger partial charge on any atom is 0.131 e. The largest absolute Gasteiger partial charge is 0.457 e. The van der Waals surface area contributed by atoms with Crippen molar-refractivity contribution in [2.45, 2.75) is 19.3 Å². The summed E-state index contributed by atoms with van der Waals surface area (Å²) in [5.41, 5.74) is -0.443. The summed E-state index contributed by atoms with van der Waals surface area (Å²) in [6.45, 7) is 3.25. The predicted octanol–water partition coefficient (Wildman–Crippen LogP) is 8.88. The molecular formula is C33H25NO. The normalized spacial score (nSPS) is 18.3. The highest BCUT2D eigenvalue weighted by Crippen LogP contribution is 2.48. The second kappa shape index (κ2) is 7.35. The number of benzene rings is 5. The number of hydrogen-bond acceptors (Lipinski definition) is 1. The molecule has 0 atom stereocenters. The van der Waals surface area contributed by atoms with Gasteiger partial charge in [0.1, 0.15) is 11.5 Å². The molecule has 0 radical (unpaired) electrons. The summed E-state index contributed by atoms with van der Waals surface area (Å²) in [4.78, 5) is 0. The molecule has 0 saturated carbocycles. The lowest BCUT2D eigenvalue weighted by molar-refractivity contribution is 0.418. The Morgan fingerprint density at radius 2 is 1.26 bits per heavy atom. The fourth-order valence-electron chi connectivity index (χ4n) is 4.79. The second-order valence-corrected chi connectivity index (χ2v) is 8.98. The van der Waals surface area contributed by atoms with Crippen LogP contribution in [0.25, 0.3) is 38.6 Å². The molecule has 0 bridgehead atoms. The summed E-state index contributed by atoms with van der Waals surface area (Å²) >= 11 is 0. The molecule has 0 unspecified atom stereocenters. The molecule has 168 valence electrons. The van der Waals surface area contributed by atoms with Gasteiger partial charge in [0.2, 0.25) is 0 Å². The summed E-state index contributed by atoms with van der Waals surface area (Å²) in [7, 11) is 0. The second-order valence-electron chi connectivity index (χ2n) is 8.98. The third-order valence-electron chi connectivity index (χ3n) is 6.55. The first kappa shape index (κ1) is 11.9. The Morgan fingerprint density at radius 3 is 1.97 bits per heavy atom. The number of fused-ring (bicyclic) bond motifs is 5. The molecule has 0 amide bonds. The molecule has 2 heteroatoms. The summed E-state index contributed by atoms with van der Waals surface area (Å²) in [5.74, 6) is -0.415. The molecule has 6 aromatic rings. The summed E-state index contributed by atoms with van der Waals surface area (Å²) in [5, 5.41) is 1.74. The van der Waals surface area contributed by atoms with Crippen molar-refractivity contribution in [3.05, 3.63) is 126 Å². The first-order valence-corrected chi connectivity index (χ1v) is 11.2. The molecule has 1 aromatic heterocycles. The smallest absolute Gasteiger partial charge is 0.131 e. The molecule has 2 heterocycles. The van der Waals surface area contributed by atoms with Crippen LogP contribution in [0, 0.1) is 0 Å². The Hall–Kier alpha value is -4.30. The lowest BCUT2D eigenvalue weighted by Gasteiger charge is -2.34. The summed E-state index contributed by atoms with van der Waals surface area (Å²) < 4.78 is 104. The monoisotopic (exact) mass is 462 g/mol. The Kier molecular flexibility index (Phi) is 2.50. The molecule has 0 spiro atoms. The van der Waals surface area contributed by atoms with Gasteiger partial charge in [-0.05, 0) is 53.5 Å². The Labute approximate surface area is 220 Å². The lowest BCUT2D eigenvalue weighted by Crippen LogP contribution is -2.24. The molecular weight excluding hydrogens is 426 g/mol. The van der Waals surface area contributed by atoms with Crippen LogP contribution < -0.4 is 4.74 Å². The molecule has 1 aliphatic rings. The Balaban J connectivity index is 1.54. The Bertz CT molecular complexity index is 2260. The van der Waals surface area contributed by atoms with Crippen LogP contribution in [-0.2, 0) is 5.41 Å². The zero-order valence-electron chi connectivity index (χ0n) is 30.0. The van der Waals surface area contributed by atoms with Crippen LogP contribution in [0.1, 0.15) is 40.1 Å². The molecule has 0 aliphatic carbocycles. The highest BCUT2D eigenvalue weighted by atomic mass is 16.5. The van der Waals surface area contributed by atoms with Gasteiger partial charge >= 0.3 is 0 Å². The Morgan fingerprint density at radius 1 is 0.657 bits per heavy atom. The van der Waals surface area contributed by atoms with Crippen LogP contribution in [0.2, 0.25) is 0 Å². The fourth-order valence-corrected chi connectivity index (χ4v) is 4.79. The van der Waals surface area contributed by atoms with E-state index in [4.69, 9.17) is 18.4 Å². The van der Waals surface area contributed by atoms with Crippen molar-refractivity contribution in [1.82, 2.24) is 4.57 Å². The van der Waals surface area contributed by atoms with E-state index in [0.29, 0.717) is 11.0 Å². The minimum Gasteiger partial charge on any atom is -0.457 e. The number of ether oxygens (including phenoxy) is 1. The van der Waals surface area contributed by atoms with Crippen molar-refractivity contribution >= 4 is 21.8 Å². The van der Waals surface area contributed by atoms with Crippen molar-refractivity contribution < 1.29 is 19.8 Å². The van der Waals surface area contributed by atoms with Crippen LogP contribution >= 0.6 is 0 Å². The van der Waals surface area contributed by atoms with Gasteiger partial charge in [0.05, 0.1) is 26.1 Å². The molecule has 0 fully saturated rings. The van der Waals surface area contributed by atoms with Gasteiger partial charge in [-0.1, -0.05) is 86.5 Å². The minimum absolute atomic E-state index is 0.00635. The first-order chi connectivity index (χ1) is 21.7. The molecule has 0 N–H and O–H groups in total. The van der Waals surface area contributed by atoms with Crippen LogP contribution in [0.3, 0.4) is 0 Å². The van der Waals surface area contributed by atoms with Crippen molar-refractivity contribution in [2.24, 2.45) is 0 Å². The summed E-state index contributed by atoms with van der Waals surface area (Å²) in [6, 6.07) is 9.90. The van der Waals surface area contributed by atoms with Gasteiger partial charge in [-0.25, -0.2) is 0 Å². The molecule has 0 saturated heterocycles.